The normalized spacial score (nSPS) is 10.8. The Labute approximate surface area is 110 Å². The van der Waals surface area contributed by atoms with Crippen molar-refractivity contribution in [3.05, 3.63) is 59.5 Å². The van der Waals surface area contributed by atoms with E-state index in [9.17, 15) is 4.79 Å². The van der Waals surface area contributed by atoms with Crippen LogP contribution in [0.5, 0.6) is 0 Å². The van der Waals surface area contributed by atoms with E-state index in [4.69, 9.17) is 5.73 Å². The summed E-state index contributed by atoms with van der Waals surface area (Å²) in [6.07, 6.45) is 5.08. The molecule has 1 aromatic carbocycles. The van der Waals surface area contributed by atoms with E-state index in [0.717, 1.165) is 16.5 Å². The van der Waals surface area contributed by atoms with Gasteiger partial charge in [0, 0.05) is 46.3 Å². The zero-order valence-electron chi connectivity index (χ0n) is 10.5. The van der Waals surface area contributed by atoms with Crippen LogP contribution in [0.2, 0.25) is 0 Å². The van der Waals surface area contributed by atoms with Crippen LogP contribution in [-0.2, 0) is 0 Å². The lowest BCUT2D eigenvalue weighted by Crippen LogP contribution is -2.06. The van der Waals surface area contributed by atoms with Crippen molar-refractivity contribution in [3.8, 4) is 0 Å². The number of aromatic nitrogens is 2. The molecule has 0 saturated carbocycles. The third kappa shape index (κ3) is 1.78. The first-order chi connectivity index (χ1) is 9.18. The highest BCUT2D eigenvalue weighted by atomic mass is 16.1. The second kappa shape index (κ2) is 4.24. The lowest BCUT2D eigenvalue weighted by molar-refractivity contribution is 0.104. The van der Waals surface area contributed by atoms with Gasteiger partial charge in [-0.2, -0.15) is 0 Å². The van der Waals surface area contributed by atoms with Gasteiger partial charge in [-0.25, -0.2) is 0 Å². The van der Waals surface area contributed by atoms with Gasteiger partial charge in [0.25, 0.3) is 0 Å². The molecule has 0 atom stereocenters. The molecule has 0 bridgehead atoms. The van der Waals surface area contributed by atoms with Crippen LogP contribution >= 0.6 is 0 Å². The molecule has 0 aliphatic heterocycles. The van der Waals surface area contributed by atoms with E-state index in [1.165, 1.54) is 0 Å². The number of carbonyl (C=O) groups is 1. The first kappa shape index (κ1) is 11.5. The minimum Gasteiger partial charge on any atom is -0.398 e. The topological polar surface area (TPSA) is 71.8 Å². The number of rotatable bonds is 2. The minimum absolute atomic E-state index is 0.0829. The maximum Gasteiger partial charge on any atom is 0.197 e. The first-order valence-electron chi connectivity index (χ1n) is 5.99. The molecule has 3 rings (SSSR count). The van der Waals surface area contributed by atoms with Crippen molar-refractivity contribution < 1.29 is 4.79 Å². The number of benzene rings is 1. The van der Waals surface area contributed by atoms with Gasteiger partial charge >= 0.3 is 0 Å². The second-order valence-corrected chi connectivity index (χ2v) is 4.49. The molecule has 94 valence electrons. The van der Waals surface area contributed by atoms with E-state index in [0.29, 0.717) is 16.8 Å². The molecule has 4 heteroatoms. The number of nitrogen functional groups attached to an aromatic ring is 1. The lowest BCUT2D eigenvalue weighted by atomic mass is 9.99. The van der Waals surface area contributed by atoms with E-state index in [1.54, 1.807) is 24.7 Å². The number of nitrogens with one attached hydrogen (secondary N) is 1. The summed E-state index contributed by atoms with van der Waals surface area (Å²) in [4.78, 5) is 19.7. The Morgan fingerprint density at radius 3 is 2.95 bits per heavy atom. The van der Waals surface area contributed by atoms with Crippen LogP contribution in [0.4, 0.5) is 5.69 Å². The number of H-pyrrole nitrogens is 1. The number of aryl methyl sites for hydroxylation is 1. The summed E-state index contributed by atoms with van der Waals surface area (Å²) >= 11 is 0. The molecule has 0 radical (unpaired) electrons. The molecule has 0 spiro atoms. The zero-order chi connectivity index (χ0) is 13.4. The third-order valence-corrected chi connectivity index (χ3v) is 3.30. The van der Waals surface area contributed by atoms with Crippen LogP contribution in [0.25, 0.3) is 10.9 Å². The Hall–Kier alpha value is -2.62. The van der Waals surface area contributed by atoms with Crippen molar-refractivity contribution >= 4 is 22.4 Å². The van der Waals surface area contributed by atoms with Gasteiger partial charge in [0.2, 0.25) is 0 Å². The van der Waals surface area contributed by atoms with Crippen LogP contribution in [0, 0.1) is 6.92 Å². The van der Waals surface area contributed by atoms with Crippen molar-refractivity contribution in [1.29, 1.82) is 0 Å². The van der Waals surface area contributed by atoms with E-state index in [1.807, 2.05) is 25.1 Å². The van der Waals surface area contributed by atoms with E-state index < -0.39 is 0 Å². The smallest absolute Gasteiger partial charge is 0.197 e. The molecular formula is C15H13N3O. The van der Waals surface area contributed by atoms with Crippen molar-refractivity contribution in [3.63, 3.8) is 0 Å². The molecule has 0 aliphatic carbocycles. The van der Waals surface area contributed by atoms with Gasteiger partial charge in [0.05, 0.1) is 0 Å². The van der Waals surface area contributed by atoms with Crippen molar-refractivity contribution in [2.24, 2.45) is 0 Å². The van der Waals surface area contributed by atoms with Gasteiger partial charge < -0.3 is 10.7 Å². The maximum atomic E-state index is 12.6. The Morgan fingerprint density at radius 1 is 1.26 bits per heavy atom. The Morgan fingerprint density at radius 2 is 2.11 bits per heavy atom. The summed E-state index contributed by atoms with van der Waals surface area (Å²) in [5.41, 5.74) is 9.45. The summed E-state index contributed by atoms with van der Waals surface area (Å²) in [6, 6.07) is 7.32. The Balaban J connectivity index is 2.17. The average Bonchev–Trinajstić information content (AvgIpc) is 2.85. The number of carbonyl (C=O) groups excluding carboxylic acids is 1. The lowest BCUT2D eigenvalue weighted by Gasteiger charge is -2.06. The summed E-state index contributed by atoms with van der Waals surface area (Å²) in [5, 5.41) is 0.813. The second-order valence-electron chi connectivity index (χ2n) is 4.49. The third-order valence-electron chi connectivity index (χ3n) is 3.30. The molecule has 0 saturated heterocycles. The SMILES string of the molecule is Cc1cccc(C(=O)c2c[nH]c3ccncc23)c1N. The van der Waals surface area contributed by atoms with E-state index in [-0.39, 0.29) is 5.78 Å². The molecule has 3 aromatic rings. The standard InChI is InChI=1S/C15H13N3O/c1-9-3-2-4-10(14(9)16)15(19)12-8-18-13-5-6-17-7-11(12)13/h2-8,18H,16H2,1H3. The van der Waals surface area contributed by atoms with Crippen molar-refractivity contribution in [2.75, 3.05) is 5.73 Å². The predicted octanol–water partition coefficient (Wildman–Crippen LogP) is 2.68. The van der Waals surface area contributed by atoms with Crippen LogP contribution in [0.3, 0.4) is 0 Å². The number of aromatic amines is 1. The number of ketones is 1. The van der Waals surface area contributed by atoms with Crippen LogP contribution in [0.15, 0.2) is 42.9 Å². The first-order valence-corrected chi connectivity index (χ1v) is 5.99. The maximum absolute atomic E-state index is 12.6. The predicted molar refractivity (Wildman–Crippen MR) is 75.1 cm³/mol. The van der Waals surface area contributed by atoms with Gasteiger partial charge in [-0.05, 0) is 24.6 Å². The number of anilines is 1. The van der Waals surface area contributed by atoms with Crippen molar-refractivity contribution in [2.45, 2.75) is 6.92 Å². The molecule has 3 N–H and O–H groups in total. The van der Waals surface area contributed by atoms with E-state index >= 15 is 0 Å². The van der Waals surface area contributed by atoms with Gasteiger partial charge in [-0.15, -0.1) is 0 Å². The fraction of sp³-hybridized carbons (Fsp3) is 0.0667. The number of para-hydroxylation sites is 1. The van der Waals surface area contributed by atoms with Gasteiger partial charge in [0.15, 0.2) is 5.78 Å². The molecule has 19 heavy (non-hydrogen) atoms. The fourth-order valence-corrected chi connectivity index (χ4v) is 2.17. The quantitative estimate of drug-likeness (QED) is 0.543. The summed E-state index contributed by atoms with van der Waals surface area (Å²) in [6.45, 7) is 1.89. The number of nitrogens with zero attached hydrogens (tertiary/aromatic N) is 1. The number of hydrogen-bond acceptors (Lipinski definition) is 3. The molecule has 4 nitrogen and oxygen atoms in total. The van der Waals surface area contributed by atoms with Crippen LogP contribution in [0.1, 0.15) is 21.5 Å². The summed E-state index contributed by atoms with van der Waals surface area (Å²) < 4.78 is 0. The largest absolute Gasteiger partial charge is 0.398 e. The Bertz CT molecular complexity index is 774. The molecule has 0 aliphatic rings. The minimum atomic E-state index is -0.0829. The fourth-order valence-electron chi connectivity index (χ4n) is 2.17. The van der Waals surface area contributed by atoms with E-state index in [2.05, 4.69) is 9.97 Å². The monoisotopic (exact) mass is 251 g/mol. The summed E-state index contributed by atoms with van der Waals surface area (Å²) in [5.74, 6) is -0.0829. The molecule has 0 fully saturated rings. The zero-order valence-corrected chi connectivity index (χ0v) is 10.5. The number of pyridine rings is 1. The highest BCUT2D eigenvalue weighted by Crippen LogP contribution is 2.24. The van der Waals surface area contributed by atoms with Gasteiger partial charge in [-0.1, -0.05) is 12.1 Å². The molecule has 2 aromatic heterocycles. The van der Waals surface area contributed by atoms with Crippen LogP contribution < -0.4 is 5.73 Å². The highest BCUT2D eigenvalue weighted by Gasteiger charge is 2.17. The molecule has 0 amide bonds. The number of fused-ring (bicyclic) bond motifs is 1. The number of nitrogens with two attached hydrogens (primary N) is 1. The Kier molecular flexibility index (Phi) is 2.56. The van der Waals surface area contributed by atoms with Gasteiger partial charge in [-0.3, -0.25) is 9.78 Å². The van der Waals surface area contributed by atoms with Gasteiger partial charge in [0.1, 0.15) is 0 Å². The molecular weight excluding hydrogens is 238 g/mol. The average molecular weight is 251 g/mol. The summed E-state index contributed by atoms with van der Waals surface area (Å²) in [7, 11) is 0. The molecule has 0 unspecified atom stereocenters. The van der Waals surface area contributed by atoms with Crippen molar-refractivity contribution in [1.82, 2.24) is 9.97 Å². The highest BCUT2D eigenvalue weighted by molar-refractivity contribution is 6.18. The number of hydrogen-bond donors (Lipinski definition) is 2. The molecule has 2 heterocycles. The van der Waals surface area contributed by atoms with Crippen LogP contribution in [-0.4, -0.2) is 15.8 Å².